The van der Waals surface area contributed by atoms with E-state index in [4.69, 9.17) is 4.74 Å². The van der Waals surface area contributed by atoms with Crippen LogP contribution in [0.15, 0.2) is 30.5 Å². The van der Waals surface area contributed by atoms with E-state index >= 15 is 0 Å². The molecule has 0 saturated heterocycles. The fourth-order valence-corrected chi connectivity index (χ4v) is 2.53. The van der Waals surface area contributed by atoms with Crippen LogP contribution in [-0.2, 0) is 5.92 Å². The maximum absolute atomic E-state index is 13.8. The lowest BCUT2D eigenvalue weighted by atomic mass is 10.0. The van der Waals surface area contributed by atoms with Crippen LogP contribution in [0.2, 0.25) is 0 Å². The summed E-state index contributed by atoms with van der Waals surface area (Å²) in [5.74, 6) is -13.4. The highest BCUT2D eigenvalue weighted by Gasteiger charge is 2.70. The molecule has 1 aliphatic carbocycles. The zero-order valence-electron chi connectivity index (χ0n) is 12.5. The Labute approximate surface area is 141 Å². The van der Waals surface area contributed by atoms with Crippen LogP contribution >= 0.6 is 0 Å². The maximum atomic E-state index is 13.8. The summed E-state index contributed by atoms with van der Waals surface area (Å²) in [4.78, 5) is 25.8. The van der Waals surface area contributed by atoms with Gasteiger partial charge in [-0.3, -0.25) is 9.59 Å². The van der Waals surface area contributed by atoms with Gasteiger partial charge in [-0.2, -0.15) is 17.6 Å². The van der Waals surface area contributed by atoms with Crippen LogP contribution in [0.4, 0.5) is 26.3 Å². The quantitative estimate of drug-likeness (QED) is 0.581. The molecule has 1 aromatic heterocycles. The summed E-state index contributed by atoms with van der Waals surface area (Å²) >= 11 is 0. The summed E-state index contributed by atoms with van der Waals surface area (Å²) in [6, 6.07) is 3.45. The average molecular weight is 375 g/mol. The third-order valence-corrected chi connectivity index (χ3v) is 3.78. The smallest absolute Gasteiger partial charge is 0.376 e. The largest absolute Gasteiger partial charge is 0.455 e. The number of pyridine rings is 1. The molecule has 0 aliphatic heterocycles. The molecule has 26 heavy (non-hydrogen) atoms. The summed E-state index contributed by atoms with van der Waals surface area (Å²) in [6.45, 7) is 0. The topological polar surface area (TPSA) is 56.3 Å². The molecule has 4 nitrogen and oxygen atoms in total. The predicted molar refractivity (Wildman–Crippen MR) is 74.3 cm³/mol. The zero-order chi connectivity index (χ0) is 19.3. The predicted octanol–water partition coefficient (Wildman–Crippen LogP) is 4.55. The Balaban J connectivity index is 2.13. The maximum Gasteiger partial charge on any atom is 0.376 e. The molecule has 3 rings (SSSR count). The van der Waals surface area contributed by atoms with Crippen LogP contribution in [-0.4, -0.2) is 23.0 Å². The van der Waals surface area contributed by atoms with E-state index in [1.165, 1.54) is 12.1 Å². The summed E-state index contributed by atoms with van der Waals surface area (Å²) in [6.07, 6.45) is -2.14. The molecule has 10 heteroatoms. The molecule has 1 aliphatic rings. The number of aromatic nitrogens is 1. The highest BCUT2D eigenvalue weighted by Crippen LogP contribution is 2.55. The molecule has 0 radical (unpaired) electrons. The number of nitrogens with zero attached hydrogens (tertiary/aromatic N) is 1. The third-order valence-electron chi connectivity index (χ3n) is 3.78. The number of rotatable bonds is 4. The minimum atomic E-state index is -5.13. The van der Waals surface area contributed by atoms with E-state index in [-0.39, 0.29) is 11.4 Å². The van der Waals surface area contributed by atoms with Crippen LogP contribution < -0.4 is 4.74 Å². The molecule has 0 unspecified atom stereocenters. The van der Waals surface area contributed by atoms with E-state index < -0.39 is 46.5 Å². The number of hydrogen-bond acceptors (Lipinski definition) is 4. The number of carbonyl (C=O) groups is 2. The first-order chi connectivity index (χ1) is 12.1. The fourth-order valence-electron chi connectivity index (χ4n) is 2.53. The minimum Gasteiger partial charge on any atom is -0.455 e. The molecule has 2 aromatic rings. The van der Waals surface area contributed by atoms with Gasteiger partial charge in [-0.15, -0.1) is 0 Å². The first-order valence-corrected chi connectivity index (χ1v) is 6.96. The van der Waals surface area contributed by atoms with Crippen LogP contribution in [0.5, 0.6) is 11.5 Å². The SMILES string of the molecule is O=Cc1ccc(Oc2ccc3c(c2C(F)F)C(=O)C(F)(F)C3(F)F)cn1. The van der Waals surface area contributed by atoms with Gasteiger partial charge in [0.15, 0.2) is 6.29 Å². The zero-order valence-corrected chi connectivity index (χ0v) is 12.5. The van der Waals surface area contributed by atoms with Gasteiger partial charge in [0.05, 0.1) is 11.8 Å². The van der Waals surface area contributed by atoms with Crippen molar-refractivity contribution in [3.8, 4) is 11.5 Å². The lowest BCUT2D eigenvalue weighted by Gasteiger charge is -2.17. The van der Waals surface area contributed by atoms with Crippen molar-refractivity contribution in [3.63, 3.8) is 0 Å². The number of carbonyl (C=O) groups excluding carboxylic acids is 2. The number of ketones is 1. The number of aldehydes is 1. The van der Waals surface area contributed by atoms with Gasteiger partial charge >= 0.3 is 11.8 Å². The molecular formula is C16H7F6NO3. The van der Waals surface area contributed by atoms with Gasteiger partial charge < -0.3 is 4.74 Å². The summed E-state index contributed by atoms with van der Waals surface area (Å²) in [7, 11) is 0. The molecular weight excluding hydrogens is 368 g/mol. The molecule has 0 atom stereocenters. The first kappa shape index (κ1) is 17.9. The van der Waals surface area contributed by atoms with Crippen molar-refractivity contribution in [2.24, 2.45) is 0 Å². The van der Waals surface area contributed by atoms with Crippen molar-refractivity contribution < 1.29 is 40.7 Å². The van der Waals surface area contributed by atoms with E-state index in [2.05, 4.69) is 4.98 Å². The minimum absolute atomic E-state index is 0.00912. The van der Waals surface area contributed by atoms with Gasteiger partial charge in [-0.05, 0) is 24.3 Å². The fraction of sp³-hybridized carbons (Fsp3) is 0.188. The molecule has 0 spiro atoms. The Hall–Kier alpha value is -2.91. The number of benzene rings is 1. The normalized spacial score (nSPS) is 17.3. The molecule has 0 amide bonds. The summed E-state index contributed by atoms with van der Waals surface area (Å²) in [5, 5.41) is 0. The lowest BCUT2D eigenvalue weighted by molar-refractivity contribution is -0.176. The molecule has 0 saturated carbocycles. The van der Waals surface area contributed by atoms with Crippen molar-refractivity contribution in [2.45, 2.75) is 18.3 Å². The molecule has 1 heterocycles. The number of hydrogen-bond donors (Lipinski definition) is 0. The van der Waals surface area contributed by atoms with E-state index in [1.54, 1.807) is 0 Å². The number of halogens is 6. The summed E-state index contributed by atoms with van der Waals surface area (Å²) in [5.41, 5.74) is -4.28. The van der Waals surface area contributed by atoms with Gasteiger partial charge in [0.1, 0.15) is 17.2 Å². The van der Waals surface area contributed by atoms with Gasteiger partial charge in [-0.1, -0.05) is 0 Å². The van der Waals surface area contributed by atoms with Crippen LogP contribution in [0.1, 0.15) is 38.4 Å². The molecule has 1 aromatic carbocycles. The van der Waals surface area contributed by atoms with Crippen molar-refractivity contribution >= 4 is 12.1 Å². The van der Waals surface area contributed by atoms with Crippen LogP contribution in [0.3, 0.4) is 0 Å². The monoisotopic (exact) mass is 375 g/mol. The Morgan fingerprint density at radius 2 is 1.73 bits per heavy atom. The number of Topliss-reactive ketones (excluding diaryl/α,β-unsaturated/α-hetero) is 1. The van der Waals surface area contributed by atoms with E-state index in [0.717, 1.165) is 6.20 Å². The molecule has 0 bridgehead atoms. The van der Waals surface area contributed by atoms with Crippen molar-refractivity contribution in [1.29, 1.82) is 0 Å². The number of ether oxygens (including phenoxy) is 1. The Kier molecular flexibility index (Phi) is 4.01. The van der Waals surface area contributed by atoms with Crippen LogP contribution in [0.25, 0.3) is 0 Å². The van der Waals surface area contributed by atoms with Gasteiger partial charge in [0, 0.05) is 11.1 Å². The van der Waals surface area contributed by atoms with Gasteiger partial charge in [0.25, 0.3) is 6.43 Å². The summed E-state index contributed by atoms with van der Waals surface area (Å²) < 4.78 is 86.5. The third kappa shape index (κ3) is 2.44. The first-order valence-electron chi connectivity index (χ1n) is 6.96. The molecule has 136 valence electrons. The van der Waals surface area contributed by atoms with Gasteiger partial charge in [0.2, 0.25) is 5.78 Å². The van der Waals surface area contributed by atoms with Crippen molar-refractivity contribution in [2.75, 3.05) is 0 Å². The number of alkyl halides is 6. The average Bonchev–Trinajstić information content (AvgIpc) is 2.73. The second kappa shape index (κ2) is 5.82. The van der Waals surface area contributed by atoms with E-state index in [0.29, 0.717) is 18.4 Å². The molecule has 0 fully saturated rings. The van der Waals surface area contributed by atoms with Gasteiger partial charge in [-0.25, -0.2) is 13.8 Å². The Morgan fingerprint density at radius 3 is 2.27 bits per heavy atom. The van der Waals surface area contributed by atoms with Crippen molar-refractivity contribution in [1.82, 2.24) is 4.98 Å². The van der Waals surface area contributed by atoms with E-state index in [9.17, 15) is 35.9 Å². The van der Waals surface area contributed by atoms with E-state index in [1.807, 2.05) is 0 Å². The molecule has 0 N–H and O–H groups in total. The standard InChI is InChI=1S/C16H7F6NO3/c17-14(18)12-10(26-8-2-1-7(6-24)23-5-8)4-3-9-11(12)13(25)16(21,22)15(9,19)20/h1-6,14H. The second-order valence-corrected chi connectivity index (χ2v) is 5.32. The number of fused-ring (bicyclic) bond motifs is 1. The second-order valence-electron chi connectivity index (χ2n) is 5.32. The van der Waals surface area contributed by atoms with Crippen LogP contribution in [0, 0.1) is 0 Å². The van der Waals surface area contributed by atoms with Crippen molar-refractivity contribution in [3.05, 3.63) is 52.8 Å². The lowest BCUT2D eigenvalue weighted by Crippen LogP contribution is -2.38. The highest BCUT2D eigenvalue weighted by molar-refractivity contribution is 6.08. The Bertz CT molecular complexity index is 896. The Morgan fingerprint density at radius 1 is 1.04 bits per heavy atom. The highest BCUT2D eigenvalue weighted by atomic mass is 19.3.